The third-order valence-corrected chi connectivity index (χ3v) is 5.11. The highest BCUT2D eigenvalue weighted by atomic mass is 19.1. The normalized spacial score (nSPS) is 15.3. The fourth-order valence-electron chi connectivity index (χ4n) is 3.56. The van der Waals surface area contributed by atoms with Gasteiger partial charge in [0.15, 0.2) is 11.6 Å². The summed E-state index contributed by atoms with van der Waals surface area (Å²) in [6.07, 6.45) is 0.835. The Morgan fingerprint density at radius 1 is 1.28 bits per heavy atom. The molecular weight excluding hydrogens is 413 g/mol. The fourth-order valence-corrected chi connectivity index (χ4v) is 3.56. The number of ether oxygens (including phenoxy) is 1. The summed E-state index contributed by atoms with van der Waals surface area (Å²) < 4.78 is 21.6. The second-order valence-corrected chi connectivity index (χ2v) is 7.56. The molecule has 1 aromatic carbocycles. The molecule has 2 bridgehead atoms. The number of guanidine groups is 1. The first-order valence-electron chi connectivity index (χ1n) is 9.77. The van der Waals surface area contributed by atoms with Crippen LogP contribution in [-0.2, 0) is 7.05 Å². The maximum atomic E-state index is 14.1. The van der Waals surface area contributed by atoms with Gasteiger partial charge in [0, 0.05) is 33.8 Å². The molecule has 0 fully saturated rings. The molecule has 32 heavy (non-hydrogen) atoms. The zero-order chi connectivity index (χ0) is 23.2. The monoisotopic (exact) mass is 435 g/mol. The number of nitrogens with two attached hydrogens (primary N) is 1. The van der Waals surface area contributed by atoms with Crippen molar-refractivity contribution in [3.8, 4) is 23.2 Å². The quantitative estimate of drug-likeness (QED) is 0.572. The maximum absolute atomic E-state index is 14.1. The third kappa shape index (κ3) is 3.45. The molecular formula is C21H22FN9O. The van der Waals surface area contributed by atoms with E-state index in [0.29, 0.717) is 40.0 Å². The van der Waals surface area contributed by atoms with E-state index >= 15 is 0 Å². The van der Waals surface area contributed by atoms with Crippen LogP contribution in [0.4, 0.5) is 21.7 Å². The van der Waals surface area contributed by atoms with Gasteiger partial charge in [0.25, 0.3) is 5.88 Å². The van der Waals surface area contributed by atoms with E-state index < -0.39 is 11.9 Å². The number of aryl methyl sites for hydroxylation is 1. The summed E-state index contributed by atoms with van der Waals surface area (Å²) >= 11 is 0. The van der Waals surface area contributed by atoms with Crippen LogP contribution in [0.2, 0.25) is 0 Å². The van der Waals surface area contributed by atoms with E-state index in [1.165, 1.54) is 23.0 Å². The highest BCUT2D eigenvalue weighted by Gasteiger charge is 2.28. The molecule has 0 saturated heterocycles. The molecule has 0 saturated carbocycles. The Labute approximate surface area is 184 Å². The molecule has 3 aromatic rings. The number of aliphatic imine (C=N–C) groups is 1. The predicted molar refractivity (Wildman–Crippen MR) is 118 cm³/mol. The van der Waals surface area contributed by atoms with E-state index in [-0.39, 0.29) is 11.7 Å². The SMILES string of the molecule is C[C@H]1Oc2nc(cnc2N)-c2c(nn(C)c2C#N)N(C)C(N(C)C)=Nc2ccc(F)cc21. The number of hydrogen-bond acceptors (Lipinski definition) is 9. The number of nitrogens with zero attached hydrogens (tertiary/aromatic N) is 8. The highest BCUT2D eigenvalue weighted by Crippen LogP contribution is 2.37. The summed E-state index contributed by atoms with van der Waals surface area (Å²) in [5.74, 6) is 0.686. The van der Waals surface area contributed by atoms with Crippen molar-refractivity contribution < 1.29 is 9.13 Å². The highest BCUT2D eigenvalue weighted by molar-refractivity contribution is 6.00. The Morgan fingerprint density at radius 3 is 2.72 bits per heavy atom. The summed E-state index contributed by atoms with van der Waals surface area (Å²) in [5, 5.41) is 14.3. The standard InChI is InChI=1S/C21H22FN9O/c1-11-13-8-12(22)6-7-14(13)27-21(29(2)3)30(4)19-17(16(9-23)31(5)28-19)15-10-25-18(24)20(26-15)32-11/h6-8,10-11H,1-5H3,(H2,24,25)/t11-/m1/s1. The summed E-state index contributed by atoms with van der Waals surface area (Å²) in [6, 6.07) is 6.46. The van der Waals surface area contributed by atoms with Crippen LogP contribution in [0.5, 0.6) is 5.88 Å². The van der Waals surface area contributed by atoms with Crippen molar-refractivity contribution in [2.45, 2.75) is 13.0 Å². The Morgan fingerprint density at radius 2 is 2.03 bits per heavy atom. The van der Waals surface area contributed by atoms with E-state index in [2.05, 4.69) is 21.1 Å². The van der Waals surface area contributed by atoms with Gasteiger partial charge in [-0.05, 0) is 25.1 Å². The lowest BCUT2D eigenvalue weighted by Crippen LogP contribution is -2.38. The van der Waals surface area contributed by atoms with Crippen molar-refractivity contribution in [1.29, 1.82) is 5.26 Å². The van der Waals surface area contributed by atoms with Crippen LogP contribution in [0, 0.1) is 17.1 Å². The number of nitriles is 1. The van der Waals surface area contributed by atoms with Crippen LogP contribution in [0.25, 0.3) is 11.3 Å². The predicted octanol–water partition coefficient (Wildman–Crippen LogP) is 2.61. The molecule has 0 spiro atoms. The van der Waals surface area contributed by atoms with Gasteiger partial charge in [-0.3, -0.25) is 9.58 Å². The summed E-state index contributed by atoms with van der Waals surface area (Å²) in [5.41, 5.74) is 8.17. The average molecular weight is 435 g/mol. The van der Waals surface area contributed by atoms with E-state index in [9.17, 15) is 9.65 Å². The zero-order valence-corrected chi connectivity index (χ0v) is 18.3. The Kier molecular flexibility index (Phi) is 5.14. The average Bonchev–Trinajstić information content (AvgIpc) is 3.09. The van der Waals surface area contributed by atoms with Gasteiger partial charge in [-0.15, -0.1) is 0 Å². The third-order valence-electron chi connectivity index (χ3n) is 5.11. The van der Waals surface area contributed by atoms with Crippen LogP contribution in [0.1, 0.15) is 24.3 Å². The van der Waals surface area contributed by atoms with Crippen LogP contribution in [0.15, 0.2) is 29.4 Å². The van der Waals surface area contributed by atoms with E-state index in [1.807, 2.05) is 14.1 Å². The minimum Gasteiger partial charge on any atom is -0.467 e. The van der Waals surface area contributed by atoms with E-state index in [4.69, 9.17) is 15.5 Å². The molecule has 0 unspecified atom stereocenters. The molecule has 0 aliphatic carbocycles. The molecule has 164 valence electrons. The van der Waals surface area contributed by atoms with Gasteiger partial charge in [0.1, 0.15) is 23.7 Å². The van der Waals surface area contributed by atoms with Crippen molar-refractivity contribution in [1.82, 2.24) is 24.6 Å². The lowest BCUT2D eigenvalue weighted by atomic mass is 10.1. The number of aromatic nitrogens is 4. The van der Waals surface area contributed by atoms with Crippen molar-refractivity contribution in [2.75, 3.05) is 31.8 Å². The molecule has 2 N–H and O–H groups in total. The number of anilines is 2. The first kappa shape index (κ1) is 21.0. The summed E-state index contributed by atoms with van der Waals surface area (Å²) in [4.78, 5) is 17.1. The van der Waals surface area contributed by atoms with Crippen LogP contribution < -0.4 is 15.4 Å². The molecule has 11 heteroatoms. The van der Waals surface area contributed by atoms with Gasteiger partial charge >= 0.3 is 0 Å². The number of halogens is 1. The molecule has 0 amide bonds. The molecule has 1 aliphatic rings. The van der Waals surface area contributed by atoms with Crippen LogP contribution >= 0.6 is 0 Å². The maximum Gasteiger partial charge on any atom is 0.258 e. The number of hydrogen-bond donors (Lipinski definition) is 1. The number of rotatable bonds is 0. The lowest BCUT2D eigenvalue weighted by Gasteiger charge is -2.27. The number of benzene rings is 1. The minimum absolute atomic E-state index is 0.0731. The first-order chi connectivity index (χ1) is 15.2. The van der Waals surface area contributed by atoms with Gasteiger partial charge in [-0.2, -0.15) is 10.4 Å². The van der Waals surface area contributed by atoms with E-state index in [0.717, 1.165) is 0 Å². The van der Waals surface area contributed by atoms with Crippen LogP contribution in [0.3, 0.4) is 0 Å². The second kappa shape index (κ2) is 7.81. The molecule has 1 aliphatic heterocycles. The van der Waals surface area contributed by atoms with Gasteiger partial charge in [0.05, 0.1) is 23.1 Å². The Balaban J connectivity index is 2.08. The molecule has 0 radical (unpaired) electrons. The van der Waals surface area contributed by atoms with Gasteiger partial charge in [-0.1, -0.05) is 0 Å². The van der Waals surface area contributed by atoms with Crippen molar-refractivity contribution in [3.63, 3.8) is 0 Å². The van der Waals surface area contributed by atoms with Crippen molar-refractivity contribution >= 4 is 23.3 Å². The fraction of sp³-hybridized carbons (Fsp3) is 0.286. The van der Waals surface area contributed by atoms with Crippen molar-refractivity contribution in [2.24, 2.45) is 12.0 Å². The summed E-state index contributed by atoms with van der Waals surface area (Å²) in [7, 11) is 7.12. The van der Waals surface area contributed by atoms with Crippen LogP contribution in [-0.4, -0.2) is 51.8 Å². The first-order valence-corrected chi connectivity index (χ1v) is 9.77. The lowest BCUT2D eigenvalue weighted by molar-refractivity contribution is 0.218. The Hall–Kier alpha value is -4.20. The molecule has 1 atom stereocenters. The minimum atomic E-state index is -0.631. The Bertz CT molecular complexity index is 1280. The topological polar surface area (TPSA) is 121 Å². The molecule has 3 heterocycles. The zero-order valence-electron chi connectivity index (χ0n) is 18.3. The van der Waals surface area contributed by atoms with Gasteiger partial charge in [-0.25, -0.2) is 19.4 Å². The number of fused-ring (bicyclic) bond motifs is 5. The second-order valence-electron chi connectivity index (χ2n) is 7.56. The largest absolute Gasteiger partial charge is 0.467 e. The number of nitrogen functional groups attached to an aromatic ring is 1. The molecule has 10 nitrogen and oxygen atoms in total. The molecule has 4 rings (SSSR count). The van der Waals surface area contributed by atoms with Gasteiger partial charge < -0.3 is 15.4 Å². The van der Waals surface area contributed by atoms with Gasteiger partial charge in [0.2, 0.25) is 5.96 Å². The van der Waals surface area contributed by atoms with Crippen molar-refractivity contribution in [3.05, 3.63) is 41.5 Å². The van der Waals surface area contributed by atoms with E-state index in [1.54, 1.807) is 36.9 Å². The molecule has 2 aromatic heterocycles. The smallest absolute Gasteiger partial charge is 0.258 e. The summed E-state index contributed by atoms with van der Waals surface area (Å²) in [6.45, 7) is 1.75.